The number of hydrogen-bond acceptors (Lipinski definition) is 4. The summed E-state index contributed by atoms with van der Waals surface area (Å²) in [5, 5.41) is 3.90. The van der Waals surface area contributed by atoms with Crippen LogP contribution in [0.5, 0.6) is 0 Å². The fourth-order valence-electron chi connectivity index (χ4n) is 2.02. The second-order valence-corrected chi connectivity index (χ2v) is 5.41. The molecular weight excluding hydrogens is 270 g/mol. The predicted octanol–water partition coefficient (Wildman–Crippen LogP) is 4.14. The first-order chi connectivity index (χ1) is 9.72. The molecule has 0 bridgehead atoms. The molecule has 0 unspecified atom stereocenters. The number of Topliss-reactive ketones (excluding diaryl/α,β-unsaturated/α-hetero) is 1. The molecule has 4 heteroatoms. The molecule has 0 spiro atoms. The number of aryl methyl sites for hydroxylation is 1. The normalized spacial score (nSPS) is 10.7. The second kappa shape index (κ2) is 5.43. The van der Waals surface area contributed by atoms with Gasteiger partial charge in [-0.05, 0) is 23.9 Å². The molecule has 0 radical (unpaired) electrons. The lowest BCUT2D eigenvalue weighted by molar-refractivity contribution is 0.0967. The van der Waals surface area contributed by atoms with Crippen molar-refractivity contribution in [3.05, 3.63) is 64.2 Å². The summed E-state index contributed by atoms with van der Waals surface area (Å²) < 4.78 is 5.54. The van der Waals surface area contributed by atoms with Gasteiger partial charge in [0.2, 0.25) is 11.7 Å². The van der Waals surface area contributed by atoms with Crippen molar-refractivity contribution >= 4 is 17.1 Å². The number of rotatable bonds is 4. The maximum atomic E-state index is 12.2. The Morgan fingerprint density at radius 1 is 1.35 bits per heavy atom. The highest BCUT2D eigenvalue weighted by Crippen LogP contribution is 2.22. The number of carbonyl (C=O) groups excluding carboxylic acids is 1. The van der Waals surface area contributed by atoms with Gasteiger partial charge in [0.05, 0.1) is 6.20 Å². The molecule has 0 saturated heterocycles. The van der Waals surface area contributed by atoms with Crippen LogP contribution in [0.2, 0.25) is 0 Å². The standard InChI is InChI=1S/C16H13NO2S/c1-11-3-2-4-12(7-11)8-14(18)15-9-17-16(19-15)13-5-6-20-10-13/h2-7,9-10H,8H2,1H3. The molecular formula is C16H13NO2S. The molecule has 3 aromatic rings. The Balaban J connectivity index is 1.78. The van der Waals surface area contributed by atoms with Crippen LogP contribution in [0.15, 0.2) is 51.7 Å². The van der Waals surface area contributed by atoms with Crippen molar-refractivity contribution in [2.24, 2.45) is 0 Å². The SMILES string of the molecule is Cc1cccc(CC(=O)c2cnc(-c3ccsc3)o2)c1. The monoisotopic (exact) mass is 283 g/mol. The Bertz CT molecular complexity index is 729. The minimum Gasteiger partial charge on any atom is -0.433 e. The van der Waals surface area contributed by atoms with E-state index in [0.29, 0.717) is 18.1 Å². The van der Waals surface area contributed by atoms with Gasteiger partial charge in [0.1, 0.15) is 0 Å². The van der Waals surface area contributed by atoms with Crippen LogP contribution >= 0.6 is 11.3 Å². The molecule has 2 aromatic heterocycles. The number of oxazole rings is 1. The first kappa shape index (κ1) is 12.8. The Morgan fingerprint density at radius 2 is 2.25 bits per heavy atom. The predicted molar refractivity (Wildman–Crippen MR) is 79.0 cm³/mol. The third-order valence-electron chi connectivity index (χ3n) is 3.00. The lowest BCUT2D eigenvalue weighted by atomic mass is 10.1. The van der Waals surface area contributed by atoms with Crippen molar-refractivity contribution < 1.29 is 9.21 Å². The highest BCUT2D eigenvalue weighted by molar-refractivity contribution is 7.08. The molecule has 2 heterocycles. The van der Waals surface area contributed by atoms with Gasteiger partial charge in [-0.1, -0.05) is 29.8 Å². The molecule has 20 heavy (non-hydrogen) atoms. The molecule has 0 saturated carbocycles. The van der Waals surface area contributed by atoms with Crippen LogP contribution in [0.25, 0.3) is 11.5 Å². The second-order valence-electron chi connectivity index (χ2n) is 4.63. The number of hydrogen-bond donors (Lipinski definition) is 0. The van der Waals surface area contributed by atoms with Gasteiger partial charge in [0, 0.05) is 17.4 Å². The van der Waals surface area contributed by atoms with E-state index in [1.54, 1.807) is 11.3 Å². The number of ketones is 1. The maximum Gasteiger partial charge on any atom is 0.227 e. The largest absolute Gasteiger partial charge is 0.433 e. The quantitative estimate of drug-likeness (QED) is 0.676. The fourth-order valence-corrected chi connectivity index (χ4v) is 2.65. The van der Waals surface area contributed by atoms with Crippen molar-refractivity contribution in [2.75, 3.05) is 0 Å². The molecule has 0 amide bonds. The molecule has 1 aromatic carbocycles. The third kappa shape index (κ3) is 2.70. The molecule has 3 rings (SSSR count). The van der Waals surface area contributed by atoms with E-state index in [1.165, 1.54) is 6.20 Å². The summed E-state index contributed by atoms with van der Waals surface area (Å²) in [6.07, 6.45) is 1.84. The van der Waals surface area contributed by atoms with E-state index < -0.39 is 0 Å². The fraction of sp³-hybridized carbons (Fsp3) is 0.125. The zero-order valence-corrected chi connectivity index (χ0v) is 11.8. The van der Waals surface area contributed by atoms with Crippen LogP contribution in [0, 0.1) is 6.92 Å². The maximum absolute atomic E-state index is 12.2. The summed E-state index contributed by atoms with van der Waals surface area (Å²) in [7, 11) is 0. The molecule has 0 atom stereocenters. The molecule has 0 aliphatic heterocycles. The summed E-state index contributed by atoms with van der Waals surface area (Å²) in [4.78, 5) is 16.3. The van der Waals surface area contributed by atoms with Gasteiger partial charge >= 0.3 is 0 Å². The zero-order chi connectivity index (χ0) is 13.9. The molecule has 0 aliphatic rings. The van der Waals surface area contributed by atoms with Gasteiger partial charge in [0.25, 0.3) is 0 Å². The van der Waals surface area contributed by atoms with E-state index in [2.05, 4.69) is 4.98 Å². The Morgan fingerprint density at radius 3 is 3.00 bits per heavy atom. The van der Waals surface area contributed by atoms with Crippen molar-refractivity contribution in [3.8, 4) is 11.5 Å². The summed E-state index contributed by atoms with van der Waals surface area (Å²) >= 11 is 1.57. The van der Waals surface area contributed by atoms with Crippen LogP contribution in [-0.2, 0) is 6.42 Å². The summed E-state index contributed by atoms with van der Waals surface area (Å²) in [6.45, 7) is 2.01. The van der Waals surface area contributed by atoms with Crippen LogP contribution in [0.3, 0.4) is 0 Å². The van der Waals surface area contributed by atoms with Gasteiger partial charge < -0.3 is 4.42 Å². The minimum absolute atomic E-state index is 0.0513. The van der Waals surface area contributed by atoms with Crippen LogP contribution in [0.4, 0.5) is 0 Å². The molecule has 0 N–H and O–H groups in total. The first-order valence-electron chi connectivity index (χ1n) is 6.29. The summed E-state index contributed by atoms with van der Waals surface area (Å²) in [5.41, 5.74) is 3.04. The topological polar surface area (TPSA) is 43.1 Å². The summed E-state index contributed by atoms with van der Waals surface area (Å²) in [6, 6.07) is 9.84. The lowest BCUT2D eigenvalue weighted by Gasteiger charge is -2.00. The van der Waals surface area contributed by atoms with Crippen LogP contribution < -0.4 is 0 Å². The number of benzene rings is 1. The molecule has 0 fully saturated rings. The van der Waals surface area contributed by atoms with Crippen molar-refractivity contribution in [1.29, 1.82) is 0 Å². The highest BCUT2D eigenvalue weighted by atomic mass is 32.1. The summed E-state index contributed by atoms with van der Waals surface area (Å²) in [5.74, 6) is 0.760. The Kier molecular flexibility index (Phi) is 3.48. The number of thiophene rings is 1. The van der Waals surface area contributed by atoms with E-state index in [9.17, 15) is 4.79 Å². The molecule has 0 aliphatic carbocycles. The lowest BCUT2D eigenvalue weighted by Crippen LogP contribution is -2.02. The van der Waals surface area contributed by atoms with Crippen molar-refractivity contribution in [2.45, 2.75) is 13.3 Å². The van der Waals surface area contributed by atoms with Gasteiger partial charge in [-0.15, -0.1) is 0 Å². The van der Waals surface area contributed by atoms with E-state index in [1.807, 2.05) is 48.0 Å². The van der Waals surface area contributed by atoms with E-state index in [4.69, 9.17) is 4.42 Å². The molecule has 100 valence electrons. The zero-order valence-electron chi connectivity index (χ0n) is 11.0. The van der Waals surface area contributed by atoms with Gasteiger partial charge in [-0.2, -0.15) is 11.3 Å². The average molecular weight is 283 g/mol. The highest BCUT2D eigenvalue weighted by Gasteiger charge is 2.14. The van der Waals surface area contributed by atoms with Gasteiger partial charge in [-0.25, -0.2) is 4.98 Å². The van der Waals surface area contributed by atoms with Crippen molar-refractivity contribution in [3.63, 3.8) is 0 Å². The van der Waals surface area contributed by atoms with Gasteiger partial charge in [0.15, 0.2) is 5.76 Å². The smallest absolute Gasteiger partial charge is 0.227 e. The Labute approximate surface area is 120 Å². The van der Waals surface area contributed by atoms with Crippen LogP contribution in [0.1, 0.15) is 21.7 Å². The first-order valence-corrected chi connectivity index (χ1v) is 7.24. The number of carbonyl (C=O) groups is 1. The van der Waals surface area contributed by atoms with E-state index in [0.717, 1.165) is 16.7 Å². The Hall–Kier alpha value is -2.20. The third-order valence-corrected chi connectivity index (χ3v) is 3.68. The van der Waals surface area contributed by atoms with Crippen molar-refractivity contribution in [1.82, 2.24) is 4.98 Å². The minimum atomic E-state index is -0.0513. The number of nitrogens with zero attached hydrogens (tertiary/aromatic N) is 1. The average Bonchev–Trinajstić information content (AvgIpc) is 3.10. The van der Waals surface area contributed by atoms with Crippen LogP contribution in [-0.4, -0.2) is 10.8 Å². The number of aromatic nitrogens is 1. The molecule has 3 nitrogen and oxygen atoms in total. The van der Waals surface area contributed by atoms with Gasteiger partial charge in [-0.3, -0.25) is 4.79 Å². The van der Waals surface area contributed by atoms with E-state index >= 15 is 0 Å². The van der Waals surface area contributed by atoms with E-state index in [-0.39, 0.29) is 5.78 Å².